The molecule has 0 saturated heterocycles. The molecule has 2 rings (SSSR count). The first-order valence-corrected chi connectivity index (χ1v) is 6.15. The number of nitrogens with zero attached hydrogens (tertiary/aromatic N) is 1. The Morgan fingerprint density at radius 2 is 2.33 bits per heavy atom. The van der Waals surface area contributed by atoms with Crippen molar-refractivity contribution < 1.29 is 14.0 Å². The maximum Gasteiger partial charge on any atom is 0.264 e. The Bertz CT molecular complexity index is 560. The van der Waals surface area contributed by atoms with Gasteiger partial charge in [-0.05, 0) is 19.9 Å². The van der Waals surface area contributed by atoms with E-state index >= 15 is 0 Å². The maximum absolute atomic E-state index is 12.0. The van der Waals surface area contributed by atoms with E-state index in [1.54, 1.807) is 13.0 Å². The number of rotatable bonds is 4. The third-order valence-corrected chi connectivity index (χ3v) is 3.51. The number of hydrogen-bond donors (Lipinski definition) is 1. The van der Waals surface area contributed by atoms with Crippen molar-refractivity contribution in [3.63, 3.8) is 0 Å². The lowest BCUT2D eigenvalue weighted by Crippen LogP contribution is -2.29. The highest BCUT2D eigenvalue weighted by Gasteiger charge is 2.19. The zero-order valence-corrected chi connectivity index (χ0v) is 10.8. The highest BCUT2D eigenvalue weighted by atomic mass is 32.1. The van der Waals surface area contributed by atoms with Crippen LogP contribution in [0.3, 0.4) is 0 Å². The van der Waals surface area contributed by atoms with Crippen LogP contribution in [-0.2, 0) is 4.79 Å². The summed E-state index contributed by atoms with van der Waals surface area (Å²) in [6.07, 6.45) is 3.57. The SMILES string of the molecule is Cc1nc(C)c(C(=O)NC(C=O)c2ccoc2)s1. The van der Waals surface area contributed by atoms with Gasteiger partial charge in [-0.3, -0.25) is 4.79 Å². The van der Waals surface area contributed by atoms with Crippen molar-refractivity contribution in [1.29, 1.82) is 0 Å². The summed E-state index contributed by atoms with van der Waals surface area (Å²) in [5.74, 6) is -0.295. The molecule has 1 amide bonds. The zero-order valence-electron chi connectivity index (χ0n) is 9.97. The minimum atomic E-state index is -0.696. The second-order valence-corrected chi connectivity index (χ2v) is 4.99. The molecule has 0 spiro atoms. The number of aromatic nitrogens is 1. The number of carbonyl (C=O) groups is 2. The van der Waals surface area contributed by atoms with Crippen LogP contribution < -0.4 is 5.32 Å². The molecule has 2 heterocycles. The Balaban J connectivity index is 2.16. The van der Waals surface area contributed by atoms with E-state index in [2.05, 4.69) is 10.3 Å². The third-order valence-electron chi connectivity index (χ3n) is 2.43. The lowest BCUT2D eigenvalue weighted by Gasteiger charge is -2.09. The molecule has 0 aliphatic heterocycles. The second kappa shape index (κ2) is 5.14. The molecule has 0 aliphatic rings. The predicted molar refractivity (Wildman–Crippen MR) is 66.6 cm³/mol. The molecule has 2 aromatic heterocycles. The van der Waals surface area contributed by atoms with E-state index in [-0.39, 0.29) is 5.91 Å². The smallest absolute Gasteiger partial charge is 0.264 e. The van der Waals surface area contributed by atoms with Crippen LogP contribution in [0.1, 0.15) is 32.0 Å². The molecule has 0 saturated carbocycles. The van der Waals surface area contributed by atoms with Gasteiger partial charge >= 0.3 is 0 Å². The molecule has 0 aliphatic carbocycles. The van der Waals surface area contributed by atoms with E-state index in [0.717, 1.165) is 5.01 Å². The number of nitrogens with one attached hydrogen (secondary N) is 1. The van der Waals surface area contributed by atoms with E-state index in [1.165, 1.54) is 23.9 Å². The summed E-state index contributed by atoms with van der Waals surface area (Å²) in [7, 11) is 0. The van der Waals surface area contributed by atoms with Gasteiger partial charge in [-0.25, -0.2) is 4.98 Å². The van der Waals surface area contributed by atoms with Crippen LogP contribution in [0, 0.1) is 13.8 Å². The summed E-state index contributed by atoms with van der Waals surface area (Å²) >= 11 is 1.31. The molecular weight excluding hydrogens is 252 g/mol. The van der Waals surface area contributed by atoms with Crippen molar-refractivity contribution in [2.75, 3.05) is 0 Å². The largest absolute Gasteiger partial charge is 0.472 e. The van der Waals surface area contributed by atoms with E-state index < -0.39 is 6.04 Å². The van der Waals surface area contributed by atoms with Gasteiger partial charge in [0.2, 0.25) is 0 Å². The monoisotopic (exact) mass is 264 g/mol. The van der Waals surface area contributed by atoms with Gasteiger partial charge in [-0.1, -0.05) is 0 Å². The van der Waals surface area contributed by atoms with Crippen molar-refractivity contribution in [1.82, 2.24) is 10.3 Å². The van der Waals surface area contributed by atoms with Crippen molar-refractivity contribution >= 4 is 23.5 Å². The van der Waals surface area contributed by atoms with Gasteiger partial charge in [0.1, 0.15) is 17.2 Å². The van der Waals surface area contributed by atoms with E-state index in [4.69, 9.17) is 4.42 Å². The standard InChI is InChI=1S/C12H12N2O3S/c1-7-11(18-8(2)13-7)12(16)14-10(5-15)9-3-4-17-6-9/h3-6,10H,1-2H3,(H,14,16). The minimum absolute atomic E-state index is 0.295. The van der Waals surface area contributed by atoms with Gasteiger partial charge in [0.05, 0.1) is 23.2 Å². The molecule has 0 radical (unpaired) electrons. The van der Waals surface area contributed by atoms with Crippen molar-refractivity contribution in [3.05, 3.63) is 39.7 Å². The summed E-state index contributed by atoms with van der Waals surface area (Å²) in [6.45, 7) is 3.61. The van der Waals surface area contributed by atoms with Crippen LogP contribution in [0.25, 0.3) is 0 Å². The van der Waals surface area contributed by atoms with Gasteiger partial charge in [0, 0.05) is 5.56 Å². The molecule has 1 N–H and O–H groups in total. The number of aryl methyl sites for hydroxylation is 2. The molecule has 0 aromatic carbocycles. The van der Waals surface area contributed by atoms with E-state index in [9.17, 15) is 9.59 Å². The summed E-state index contributed by atoms with van der Waals surface area (Å²) < 4.78 is 4.89. The van der Waals surface area contributed by atoms with Crippen LogP contribution in [-0.4, -0.2) is 17.2 Å². The number of hydrogen-bond acceptors (Lipinski definition) is 5. The fraction of sp³-hybridized carbons (Fsp3) is 0.250. The Labute approximate surface area is 108 Å². The first-order valence-electron chi connectivity index (χ1n) is 5.34. The zero-order chi connectivity index (χ0) is 13.1. The number of thiazole rings is 1. The van der Waals surface area contributed by atoms with Gasteiger partial charge in [-0.2, -0.15) is 0 Å². The van der Waals surface area contributed by atoms with Crippen LogP contribution >= 0.6 is 11.3 Å². The molecule has 94 valence electrons. The predicted octanol–water partition coefficient (Wildman–Crippen LogP) is 2.02. The molecule has 2 aromatic rings. The molecule has 1 atom stereocenters. The number of amides is 1. The Hall–Kier alpha value is -1.95. The van der Waals surface area contributed by atoms with Gasteiger partial charge in [-0.15, -0.1) is 11.3 Å². The molecule has 18 heavy (non-hydrogen) atoms. The summed E-state index contributed by atoms with van der Waals surface area (Å²) in [5.41, 5.74) is 1.30. The molecular formula is C12H12N2O3S. The average molecular weight is 264 g/mol. The second-order valence-electron chi connectivity index (χ2n) is 3.79. The lowest BCUT2D eigenvalue weighted by atomic mass is 10.1. The maximum atomic E-state index is 12.0. The number of aldehydes is 1. The first-order chi connectivity index (χ1) is 8.61. The van der Waals surface area contributed by atoms with E-state index in [1.807, 2.05) is 6.92 Å². The molecule has 0 bridgehead atoms. The van der Waals surface area contributed by atoms with Gasteiger partial charge < -0.3 is 14.5 Å². The fourth-order valence-electron chi connectivity index (χ4n) is 1.60. The molecule has 1 unspecified atom stereocenters. The lowest BCUT2D eigenvalue weighted by molar-refractivity contribution is -0.109. The summed E-state index contributed by atoms with van der Waals surface area (Å²) in [6, 6.07) is 0.947. The Kier molecular flexibility index (Phi) is 3.57. The van der Waals surface area contributed by atoms with Crippen molar-refractivity contribution in [2.45, 2.75) is 19.9 Å². The highest BCUT2D eigenvalue weighted by molar-refractivity contribution is 7.13. The molecule has 0 fully saturated rings. The quantitative estimate of drug-likeness (QED) is 0.857. The van der Waals surface area contributed by atoms with Gasteiger partial charge in [0.15, 0.2) is 0 Å². The summed E-state index contributed by atoms with van der Waals surface area (Å²) in [4.78, 5) is 27.7. The average Bonchev–Trinajstić information content (AvgIpc) is 2.95. The Morgan fingerprint density at radius 3 is 2.83 bits per heavy atom. The van der Waals surface area contributed by atoms with Crippen LogP contribution in [0.4, 0.5) is 0 Å². The molecule has 5 nitrogen and oxygen atoms in total. The van der Waals surface area contributed by atoms with Crippen molar-refractivity contribution in [3.8, 4) is 0 Å². The van der Waals surface area contributed by atoms with E-state index in [0.29, 0.717) is 22.4 Å². The fourth-order valence-corrected chi connectivity index (χ4v) is 2.42. The Morgan fingerprint density at radius 1 is 1.56 bits per heavy atom. The topological polar surface area (TPSA) is 72.2 Å². The van der Waals surface area contributed by atoms with Crippen LogP contribution in [0.2, 0.25) is 0 Å². The summed E-state index contributed by atoms with van der Waals surface area (Å²) in [5, 5.41) is 3.47. The molecule has 6 heteroatoms. The number of furan rings is 1. The van der Waals surface area contributed by atoms with Gasteiger partial charge in [0.25, 0.3) is 5.91 Å². The third kappa shape index (κ3) is 2.48. The van der Waals surface area contributed by atoms with Crippen LogP contribution in [0.5, 0.6) is 0 Å². The van der Waals surface area contributed by atoms with Crippen molar-refractivity contribution in [2.24, 2.45) is 0 Å². The highest BCUT2D eigenvalue weighted by Crippen LogP contribution is 2.18. The number of carbonyl (C=O) groups excluding carboxylic acids is 2. The first kappa shape index (κ1) is 12.5. The normalized spacial score (nSPS) is 12.1. The van der Waals surface area contributed by atoms with Crippen LogP contribution in [0.15, 0.2) is 23.0 Å². The minimum Gasteiger partial charge on any atom is -0.472 e.